The van der Waals surface area contributed by atoms with Gasteiger partial charge in [0.1, 0.15) is 0 Å². The van der Waals surface area contributed by atoms with Crippen LogP contribution in [0.5, 0.6) is 0 Å². The number of hydrogen-bond donors (Lipinski definition) is 2. The van der Waals surface area contributed by atoms with Crippen molar-refractivity contribution in [3.63, 3.8) is 0 Å². The van der Waals surface area contributed by atoms with Crippen LogP contribution in [0.1, 0.15) is 31.9 Å². The van der Waals surface area contributed by atoms with Gasteiger partial charge in [-0.2, -0.15) is 0 Å². The van der Waals surface area contributed by atoms with E-state index in [4.69, 9.17) is 5.73 Å². The Balaban J connectivity index is 2.05. The van der Waals surface area contributed by atoms with Crippen LogP contribution in [-0.2, 0) is 6.42 Å². The van der Waals surface area contributed by atoms with Crippen molar-refractivity contribution < 1.29 is 0 Å². The van der Waals surface area contributed by atoms with Crippen LogP contribution in [0.15, 0.2) is 18.3 Å². The minimum absolute atomic E-state index is 0.116. The molecule has 0 amide bonds. The van der Waals surface area contributed by atoms with Crippen LogP contribution in [0.25, 0.3) is 0 Å². The second kappa shape index (κ2) is 5.02. The Hall–Kier alpha value is -0.800. The van der Waals surface area contributed by atoms with Gasteiger partial charge in [-0.15, -0.1) is 0 Å². The van der Waals surface area contributed by atoms with Crippen molar-refractivity contribution in [1.82, 2.24) is 9.88 Å². The van der Waals surface area contributed by atoms with Gasteiger partial charge in [0.25, 0.3) is 0 Å². The fraction of sp³-hybridized carbons (Fsp3) is 0.692. The number of aromatic nitrogens is 1. The van der Waals surface area contributed by atoms with E-state index >= 15 is 0 Å². The summed E-state index contributed by atoms with van der Waals surface area (Å²) in [5, 5.41) is 0. The lowest BCUT2D eigenvalue weighted by Crippen LogP contribution is -2.55. The molecule has 0 radical (unpaired) electrons. The van der Waals surface area contributed by atoms with Crippen LogP contribution >= 0.6 is 0 Å². The lowest BCUT2D eigenvalue weighted by Gasteiger charge is -2.42. The monoisotopic (exact) mass is 221 g/mol. The zero-order chi connectivity index (χ0) is 11.4. The molecule has 0 bridgehead atoms. The fourth-order valence-corrected chi connectivity index (χ4v) is 2.63. The number of likely N-dealkylation sites (tertiary alicyclic amines) is 1. The normalized spacial score (nSPS) is 21.9. The lowest BCUT2D eigenvalue weighted by molar-refractivity contribution is 0.0863. The number of rotatable bonds is 4. The van der Waals surface area contributed by atoms with Crippen LogP contribution in [0.2, 0.25) is 0 Å². The summed E-state index contributed by atoms with van der Waals surface area (Å²) in [6.45, 7) is 5.42. The van der Waals surface area contributed by atoms with Crippen molar-refractivity contribution in [2.24, 2.45) is 5.73 Å². The van der Waals surface area contributed by atoms with Gasteiger partial charge in [-0.1, -0.05) is 6.42 Å². The zero-order valence-electron chi connectivity index (χ0n) is 10.2. The molecule has 16 heavy (non-hydrogen) atoms. The number of hydrogen-bond acceptors (Lipinski definition) is 2. The summed E-state index contributed by atoms with van der Waals surface area (Å²) in [5.41, 5.74) is 7.41. The molecule has 1 fully saturated rings. The first-order valence-corrected chi connectivity index (χ1v) is 6.32. The first kappa shape index (κ1) is 11.7. The first-order chi connectivity index (χ1) is 7.74. The van der Waals surface area contributed by atoms with Gasteiger partial charge in [0.05, 0.1) is 0 Å². The number of nitrogens with two attached hydrogens (primary N) is 1. The summed E-state index contributed by atoms with van der Waals surface area (Å²) in [5.74, 6) is 0. The van der Waals surface area contributed by atoms with Gasteiger partial charge in [0, 0.05) is 30.4 Å². The van der Waals surface area contributed by atoms with Gasteiger partial charge in [-0.05, 0) is 45.0 Å². The zero-order valence-corrected chi connectivity index (χ0v) is 10.2. The number of H-pyrrole nitrogens is 1. The Morgan fingerprint density at radius 3 is 2.69 bits per heavy atom. The third-order valence-electron chi connectivity index (χ3n) is 3.79. The predicted octanol–water partition coefficient (Wildman–Crippen LogP) is 1.76. The summed E-state index contributed by atoms with van der Waals surface area (Å²) in [6, 6.07) is 4.21. The maximum absolute atomic E-state index is 6.00. The van der Waals surface area contributed by atoms with E-state index in [1.165, 1.54) is 38.0 Å². The van der Waals surface area contributed by atoms with E-state index in [0.717, 1.165) is 13.0 Å². The van der Waals surface area contributed by atoms with E-state index in [2.05, 4.69) is 28.9 Å². The van der Waals surface area contributed by atoms with Gasteiger partial charge in [0.15, 0.2) is 0 Å². The number of aromatic amines is 1. The SMILES string of the molecule is CC(CN)(Cc1ccc[nH]1)N1CCCCC1. The standard InChI is InChI=1S/C13H23N3/c1-13(11-14,10-12-6-5-7-15-12)16-8-3-2-4-9-16/h5-7,15H,2-4,8-11,14H2,1H3. The van der Waals surface area contributed by atoms with Gasteiger partial charge in [-0.25, -0.2) is 0 Å². The third-order valence-corrected chi connectivity index (χ3v) is 3.79. The van der Waals surface area contributed by atoms with Crippen LogP contribution in [0.3, 0.4) is 0 Å². The van der Waals surface area contributed by atoms with Crippen LogP contribution in [0, 0.1) is 0 Å². The smallest absolute Gasteiger partial charge is 0.0358 e. The summed E-state index contributed by atoms with van der Waals surface area (Å²) < 4.78 is 0. The van der Waals surface area contributed by atoms with Gasteiger partial charge in [0.2, 0.25) is 0 Å². The van der Waals surface area contributed by atoms with E-state index in [1.54, 1.807) is 0 Å². The molecule has 90 valence electrons. The molecule has 0 aliphatic carbocycles. The summed E-state index contributed by atoms with van der Waals surface area (Å²) in [6.07, 6.45) is 7.03. The molecular formula is C13H23N3. The molecule has 2 heterocycles. The molecule has 1 aliphatic rings. The summed E-state index contributed by atoms with van der Waals surface area (Å²) in [7, 11) is 0. The minimum atomic E-state index is 0.116. The second-order valence-corrected chi connectivity index (χ2v) is 5.12. The Labute approximate surface area is 98.0 Å². The highest BCUT2D eigenvalue weighted by molar-refractivity contribution is 5.09. The van der Waals surface area contributed by atoms with Crippen LogP contribution in [0.4, 0.5) is 0 Å². The van der Waals surface area contributed by atoms with Crippen molar-refractivity contribution in [2.45, 2.75) is 38.1 Å². The van der Waals surface area contributed by atoms with Gasteiger partial charge >= 0.3 is 0 Å². The average molecular weight is 221 g/mol. The maximum atomic E-state index is 6.00. The molecule has 1 unspecified atom stereocenters. The highest BCUT2D eigenvalue weighted by Gasteiger charge is 2.31. The number of nitrogens with zero attached hydrogens (tertiary/aromatic N) is 1. The van der Waals surface area contributed by atoms with Crippen molar-refractivity contribution in [3.05, 3.63) is 24.0 Å². The molecule has 0 saturated carbocycles. The minimum Gasteiger partial charge on any atom is -0.365 e. The average Bonchev–Trinajstić information content (AvgIpc) is 2.83. The molecule has 1 atom stereocenters. The van der Waals surface area contributed by atoms with E-state index in [0.29, 0.717) is 0 Å². The fourth-order valence-electron chi connectivity index (χ4n) is 2.63. The molecule has 1 saturated heterocycles. The quantitative estimate of drug-likeness (QED) is 0.814. The summed E-state index contributed by atoms with van der Waals surface area (Å²) >= 11 is 0. The Kier molecular flexibility index (Phi) is 3.66. The molecule has 1 aromatic rings. The van der Waals surface area contributed by atoms with Crippen molar-refractivity contribution >= 4 is 0 Å². The van der Waals surface area contributed by atoms with E-state index in [1.807, 2.05) is 6.20 Å². The van der Waals surface area contributed by atoms with E-state index < -0.39 is 0 Å². The Morgan fingerprint density at radius 2 is 2.12 bits per heavy atom. The first-order valence-electron chi connectivity index (χ1n) is 6.32. The molecule has 0 spiro atoms. The topological polar surface area (TPSA) is 45.1 Å². The van der Waals surface area contributed by atoms with Crippen molar-refractivity contribution in [2.75, 3.05) is 19.6 Å². The second-order valence-electron chi connectivity index (χ2n) is 5.12. The molecular weight excluding hydrogens is 198 g/mol. The Morgan fingerprint density at radius 1 is 1.38 bits per heavy atom. The third kappa shape index (κ3) is 2.47. The van der Waals surface area contributed by atoms with Crippen LogP contribution in [-0.4, -0.2) is 35.1 Å². The molecule has 2 rings (SSSR count). The highest BCUT2D eigenvalue weighted by Crippen LogP contribution is 2.23. The largest absolute Gasteiger partial charge is 0.365 e. The van der Waals surface area contributed by atoms with Gasteiger partial charge < -0.3 is 10.7 Å². The predicted molar refractivity (Wildman–Crippen MR) is 67.4 cm³/mol. The maximum Gasteiger partial charge on any atom is 0.0358 e. The van der Waals surface area contributed by atoms with Crippen molar-refractivity contribution in [1.29, 1.82) is 0 Å². The highest BCUT2D eigenvalue weighted by atomic mass is 15.2. The van der Waals surface area contributed by atoms with Gasteiger partial charge in [-0.3, -0.25) is 4.90 Å². The van der Waals surface area contributed by atoms with Crippen molar-refractivity contribution in [3.8, 4) is 0 Å². The number of piperidine rings is 1. The van der Waals surface area contributed by atoms with E-state index in [9.17, 15) is 0 Å². The van der Waals surface area contributed by atoms with E-state index in [-0.39, 0.29) is 5.54 Å². The molecule has 3 nitrogen and oxygen atoms in total. The molecule has 3 heteroatoms. The molecule has 3 N–H and O–H groups in total. The molecule has 1 aromatic heterocycles. The molecule has 0 aromatic carbocycles. The lowest BCUT2D eigenvalue weighted by atomic mass is 9.91. The Bertz CT molecular complexity index is 301. The molecule has 1 aliphatic heterocycles. The summed E-state index contributed by atoms with van der Waals surface area (Å²) in [4.78, 5) is 5.85. The number of nitrogens with one attached hydrogen (secondary N) is 1. The van der Waals surface area contributed by atoms with Crippen LogP contribution < -0.4 is 5.73 Å².